The van der Waals surface area contributed by atoms with Crippen molar-refractivity contribution in [3.8, 4) is 0 Å². The molecule has 0 N–H and O–H groups in total. The van der Waals surface area contributed by atoms with Crippen LogP contribution in [0.15, 0.2) is 40.9 Å². The SMILES string of the molecule is CCCCN1CCN(C(C(=O)N(C)Cc2cc(C)on2)c2ccccc2)C(=O)C1=O. The van der Waals surface area contributed by atoms with Gasteiger partial charge in [-0.2, -0.15) is 0 Å². The van der Waals surface area contributed by atoms with E-state index in [0.717, 1.165) is 12.8 Å². The molecule has 3 rings (SSSR count). The summed E-state index contributed by atoms with van der Waals surface area (Å²) in [5, 5.41) is 3.94. The van der Waals surface area contributed by atoms with Gasteiger partial charge in [0.15, 0.2) is 0 Å². The van der Waals surface area contributed by atoms with Crippen LogP contribution in [0.2, 0.25) is 0 Å². The van der Waals surface area contributed by atoms with E-state index >= 15 is 0 Å². The first-order chi connectivity index (χ1) is 14.4. The van der Waals surface area contributed by atoms with Crippen molar-refractivity contribution in [2.24, 2.45) is 0 Å². The number of carbonyl (C=O) groups is 3. The summed E-state index contributed by atoms with van der Waals surface area (Å²) >= 11 is 0. The quantitative estimate of drug-likeness (QED) is 0.620. The Bertz CT molecular complexity index is 896. The zero-order valence-electron chi connectivity index (χ0n) is 17.7. The van der Waals surface area contributed by atoms with E-state index in [-0.39, 0.29) is 12.5 Å². The lowest BCUT2D eigenvalue weighted by molar-refractivity contribution is -0.161. The van der Waals surface area contributed by atoms with Gasteiger partial charge in [-0.05, 0) is 18.9 Å². The van der Waals surface area contributed by atoms with Crippen LogP contribution in [0.5, 0.6) is 0 Å². The molecule has 1 aromatic heterocycles. The van der Waals surface area contributed by atoms with Gasteiger partial charge in [0.2, 0.25) is 5.91 Å². The number of amides is 3. The zero-order chi connectivity index (χ0) is 21.7. The summed E-state index contributed by atoms with van der Waals surface area (Å²) < 4.78 is 5.08. The van der Waals surface area contributed by atoms with Crippen LogP contribution in [0.4, 0.5) is 0 Å². The van der Waals surface area contributed by atoms with E-state index in [0.29, 0.717) is 36.7 Å². The van der Waals surface area contributed by atoms with Crippen LogP contribution in [-0.2, 0) is 20.9 Å². The lowest BCUT2D eigenvalue weighted by Gasteiger charge is -2.39. The Labute approximate surface area is 176 Å². The molecule has 30 heavy (non-hydrogen) atoms. The first-order valence-electron chi connectivity index (χ1n) is 10.2. The molecule has 0 aliphatic carbocycles. The van der Waals surface area contributed by atoms with Gasteiger partial charge in [-0.15, -0.1) is 0 Å². The number of unbranched alkanes of at least 4 members (excludes halogenated alkanes) is 1. The van der Waals surface area contributed by atoms with E-state index in [2.05, 4.69) is 5.16 Å². The number of carbonyl (C=O) groups excluding carboxylic acids is 3. The van der Waals surface area contributed by atoms with Gasteiger partial charge in [0.05, 0.1) is 6.54 Å². The summed E-state index contributed by atoms with van der Waals surface area (Å²) in [4.78, 5) is 43.5. The molecule has 3 amide bonds. The Balaban J connectivity index is 1.83. The Hall–Kier alpha value is -3.16. The molecule has 1 unspecified atom stereocenters. The molecule has 0 saturated carbocycles. The Kier molecular flexibility index (Phi) is 6.87. The third-order valence-corrected chi connectivity index (χ3v) is 5.24. The van der Waals surface area contributed by atoms with E-state index in [9.17, 15) is 14.4 Å². The molecule has 1 atom stereocenters. The minimum absolute atomic E-state index is 0.248. The number of hydrogen-bond acceptors (Lipinski definition) is 5. The minimum Gasteiger partial charge on any atom is -0.361 e. The van der Waals surface area contributed by atoms with Gasteiger partial charge >= 0.3 is 11.8 Å². The van der Waals surface area contributed by atoms with Crippen molar-refractivity contribution < 1.29 is 18.9 Å². The van der Waals surface area contributed by atoms with Crippen molar-refractivity contribution in [1.82, 2.24) is 19.9 Å². The molecule has 1 fully saturated rings. The number of nitrogens with zero attached hydrogens (tertiary/aromatic N) is 4. The fourth-order valence-corrected chi connectivity index (χ4v) is 3.61. The van der Waals surface area contributed by atoms with Gasteiger partial charge in [0, 0.05) is 32.7 Å². The highest BCUT2D eigenvalue weighted by atomic mass is 16.5. The maximum absolute atomic E-state index is 13.4. The molecule has 8 nitrogen and oxygen atoms in total. The van der Waals surface area contributed by atoms with Crippen molar-refractivity contribution in [2.75, 3.05) is 26.7 Å². The smallest absolute Gasteiger partial charge is 0.313 e. The molecule has 160 valence electrons. The number of likely N-dealkylation sites (N-methyl/N-ethyl adjacent to an activating group) is 1. The van der Waals surface area contributed by atoms with Crippen molar-refractivity contribution in [3.05, 3.63) is 53.4 Å². The Morgan fingerprint density at radius 2 is 1.93 bits per heavy atom. The molecular weight excluding hydrogens is 384 g/mol. The van der Waals surface area contributed by atoms with E-state index in [4.69, 9.17) is 4.52 Å². The molecule has 1 aliphatic heterocycles. The zero-order valence-corrected chi connectivity index (χ0v) is 17.7. The van der Waals surface area contributed by atoms with Gasteiger partial charge in [-0.1, -0.05) is 48.8 Å². The molecular formula is C22H28N4O4. The van der Waals surface area contributed by atoms with E-state index < -0.39 is 17.9 Å². The average molecular weight is 412 g/mol. The fourth-order valence-electron chi connectivity index (χ4n) is 3.61. The predicted octanol–water partition coefficient (Wildman–Crippen LogP) is 2.15. The van der Waals surface area contributed by atoms with Crippen LogP contribution in [-0.4, -0.2) is 64.3 Å². The highest BCUT2D eigenvalue weighted by Gasteiger charge is 2.40. The third-order valence-electron chi connectivity index (χ3n) is 5.24. The molecule has 2 aromatic rings. The normalized spacial score (nSPS) is 15.4. The number of piperazine rings is 1. The van der Waals surface area contributed by atoms with Crippen LogP contribution >= 0.6 is 0 Å². The second-order valence-electron chi connectivity index (χ2n) is 7.58. The highest BCUT2D eigenvalue weighted by Crippen LogP contribution is 2.26. The summed E-state index contributed by atoms with van der Waals surface area (Å²) in [5.74, 6) is -0.789. The van der Waals surface area contributed by atoms with Gasteiger partial charge in [0.1, 0.15) is 17.5 Å². The molecule has 1 aliphatic rings. The van der Waals surface area contributed by atoms with Gasteiger partial charge in [-0.25, -0.2) is 0 Å². The Morgan fingerprint density at radius 1 is 1.20 bits per heavy atom. The monoisotopic (exact) mass is 412 g/mol. The van der Waals surface area contributed by atoms with Crippen LogP contribution in [0.25, 0.3) is 0 Å². The summed E-state index contributed by atoms with van der Waals surface area (Å²) in [6.45, 7) is 5.37. The van der Waals surface area contributed by atoms with Crippen molar-refractivity contribution in [2.45, 2.75) is 39.3 Å². The molecule has 2 heterocycles. The molecule has 8 heteroatoms. The van der Waals surface area contributed by atoms with Gasteiger partial charge in [-0.3, -0.25) is 14.4 Å². The Morgan fingerprint density at radius 3 is 2.57 bits per heavy atom. The highest BCUT2D eigenvalue weighted by molar-refractivity contribution is 6.35. The number of aryl methyl sites for hydroxylation is 1. The molecule has 0 bridgehead atoms. The van der Waals surface area contributed by atoms with Crippen molar-refractivity contribution in [3.63, 3.8) is 0 Å². The first-order valence-corrected chi connectivity index (χ1v) is 10.2. The van der Waals surface area contributed by atoms with Gasteiger partial charge in [0.25, 0.3) is 0 Å². The van der Waals surface area contributed by atoms with Crippen LogP contribution < -0.4 is 0 Å². The van der Waals surface area contributed by atoms with E-state index in [1.165, 1.54) is 9.80 Å². The molecule has 0 radical (unpaired) electrons. The second kappa shape index (κ2) is 9.56. The van der Waals surface area contributed by atoms with Crippen LogP contribution in [0, 0.1) is 6.92 Å². The summed E-state index contributed by atoms with van der Waals surface area (Å²) in [6.07, 6.45) is 1.79. The molecule has 1 aromatic carbocycles. The lowest BCUT2D eigenvalue weighted by Crippen LogP contribution is -2.57. The fraction of sp³-hybridized carbons (Fsp3) is 0.455. The van der Waals surface area contributed by atoms with Gasteiger partial charge < -0.3 is 19.2 Å². The summed E-state index contributed by atoms with van der Waals surface area (Å²) in [6, 6.07) is 10.00. The molecule has 0 spiro atoms. The third kappa shape index (κ3) is 4.69. The second-order valence-corrected chi connectivity index (χ2v) is 7.58. The van der Waals surface area contributed by atoms with E-state index in [1.807, 2.05) is 25.1 Å². The predicted molar refractivity (Wildman–Crippen MR) is 110 cm³/mol. The lowest BCUT2D eigenvalue weighted by atomic mass is 10.0. The maximum Gasteiger partial charge on any atom is 0.313 e. The standard InChI is InChI=1S/C22H28N4O4/c1-4-5-11-25-12-13-26(22(29)21(25)28)19(17-9-7-6-8-10-17)20(27)24(3)15-18-14-16(2)30-23-18/h6-10,14,19H,4-5,11-13,15H2,1-3H3. The van der Waals surface area contributed by atoms with E-state index in [1.54, 1.807) is 37.1 Å². The summed E-state index contributed by atoms with van der Waals surface area (Å²) in [7, 11) is 1.66. The van der Waals surface area contributed by atoms with Crippen LogP contribution in [0.3, 0.4) is 0 Å². The number of hydrogen-bond donors (Lipinski definition) is 0. The minimum atomic E-state index is -0.867. The van der Waals surface area contributed by atoms with Crippen molar-refractivity contribution in [1.29, 1.82) is 0 Å². The molecule has 1 saturated heterocycles. The topological polar surface area (TPSA) is 87.0 Å². The van der Waals surface area contributed by atoms with Crippen LogP contribution in [0.1, 0.15) is 42.8 Å². The number of aromatic nitrogens is 1. The largest absolute Gasteiger partial charge is 0.361 e. The number of benzene rings is 1. The first kappa shape index (κ1) is 21.5. The average Bonchev–Trinajstić information content (AvgIpc) is 3.16. The maximum atomic E-state index is 13.4. The number of rotatable bonds is 8. The van der Waals surface area contributed by atoms with Crippen molar-refractivity contribution >= 4 is 17.7 Å². The summed E-state index contributed by atoms with van der Waals surface area (Å²) in [5.41, 5.74) is 1.30.